The minimum absolute atomic E-state index is 0.144. The molecular formula is C24H14Cl2N2O2. The van der Waals surface area contributed by atoms with Gasteiger partial charge in [-0.3, -0.25) is 9.59 Å². The van der Waals surface area contributed by atoms with E-state index in [4.69, 9.17) is 23.2 Å². The maximum atomic E-state index is 12.8. The average molecular weight is 433 g/mol. The van der Waals surface area contributed by atoms with Crippen molar-refractivity contribution in [2.75, 3.05) is 0 Å². The third-order valence-electron chi connectivity index (χ3n) is 5.05. The zero-order valence-electron chi connectivity index (χ0n) is 15.5. The Kier molecular flexibility index (Phi) is 4.46. The number of nitrogens with one attached hydrogen (secondary N) is 2. The molecular weight excluding hydrogens is 419 g/mol. The van der Waals surface area contributed by atoms with Crippen molar-refractivity contribution in [3.63, 3.8) is 0 Å². The zero-order valence-corrected chi connectivity index (χ0v) is 17.0. The predicted molar refractivity (Wildman–Crippen MR) is 124 cm³/mol. The lowest BCUT2D eigenvalue weighted by atomic mass is 10.1. The number of benzene rings is 3. The fourth-order valence-corrected chi connectivity index (χ4v) is 4.00. The fraction of sp³-hybridized carbons (Fsp3) is 0. The number of pyridine rings is 2. The first-order valence-corrected chi connectivity index (χ1v) is 9.99. The van der Waals surface area contributed by atoms with Crippen LogP contribution in [0.3, 0.4) is 0 Å². The van der Waals surface area contributed by atoms with Crippen molar-refractivity contribution >= 4 is 45.0 Å². The second-order valence-corrected chi connectivity index (χ2v) is 7.93. The Balaban J connectivity index is 1.74. The van der Waals surface area contributed by atoms with Crippen LogP contribution in [0, 0.1) is 0 Å². The summed E-state index contributed by atoms with van der Waals surface area (Å²) in [6.07, 6.45) is 0. The number of H-pyrrole nitrogens is 2. The molecule has 3 aromatic carbocycles. The van der Waals surface area contributed by atoms with Gasteiger partial charge in [0, 0.05) is 44.3 Å². The van der Waals surface area contributed by atoms with Gasteiger partial charge in [0.25, 0.3) is 0 Å². The number of rotatable bonds is 2. The van der Waals surface area contributed by atoms with E-state index >= 15 is 0 Å². The SMILES string of the molecule is O=c1cc(-c2cccc(Cl)c2)[nH]c2cc3c(=O)cc(-c4cccc(Cl)c4)[nH]c3cc12. The van der Waals surface area contributed by atoms with Gasteiger partial charge in [-0.1, -0.05) is 47.5 Å². The third kappa shape index (κ3) is 3.30. The molecule has 0 aliphatic heterocycles. The van der Waals surface area contributed by atoms with Gasteiger partial charge in [0.1, 0.15) is 0 Å². The molecule has 2 heterocycles. The van der Waals surface area contributed by atoms with E-state index in [1.165, 1.54) is 0 Å². The van der Waals surface area contributed by atoms with E-state index in [1.807, 2.05) is 24.3 Å². The summed E-state index contributed by atoms with van der Waals surface area (Å²) >= 11 is 12.2. The lowest BCUT2D eigenvalue weighted by Crippen LogP contribution is -2.07. The Morgan fingerprint density at radius 3 is 1.40 bits per heavy atom. The molecule has 0 saturated carbocycles. The van der Waals surface area contributed by atoms with Gasteiger partial charge in [0.05, 0.1) is 11.0 Å². The van der Waals surface area contributed by atoms with Gasteiger partial charge >= 0.3 is 0 Å². The minimum atomic E-state index is -0.144. The van der Waals surface area contributed by atoms with E-state index in [2.05, 4.69) is 9.97 Å². The highest BCUT2D eigenvalue weighted by molar-refractivity contribution is 6.31. The summed E-state index contributed by atoms with van der Waals surface area (Å²) in [6, 6.07) is 21.0. The maximum absolute atomic E-state index is 12.8. The van der Waals surface area contributed by atoms with E-state index in [0.717, 1.165) is 11.1 Å². The summed E-state index contributed by atoms with van der Waals surface area (Å²) in [7, 11) is 0. The number of aromatic amines is 2. The number of hydrogen-bond acceptors (Lipinski definition) is 2. The van der Waals surface area contributed by atoms with E-state index in [9.17, 15) is 9.59 Å². The quantitative estimate of drug-likeness (QED) is 0.335. The Hall–Kier alpha value is -3.34. The van der Waals surface area contributed by atoms with Crippen molar-refractivity contribution in [2.24, 2.45) is 0 Å². The molecule has 4 nitrogen and oxygen atoms in total. The minimum Gasteiger partial charge on any atom is -0.354 e. The summed E-state index contributed by atoms with van der Waals surface area (Å²) in [5.74, 6) is 0. The number of aromatic nitrogens is 2. The molecule has 0 spiro atoms. The van der Waals surface area contributed by atoms with E-state index in [1.54, 1.807) is 48.5 Å². The summed E-state index contributed by atoms with van der Waals surface area (Å²) in [4.78, 5) is 32.2. The zero-order chi connectivity index (χ0) is 20.8. The highest BCUT2D eigenvalue weighted by Gasteiger charge is 2.10. The van der Waals surface area contributed by atoms with Gasteiger partial charge in [-0.15, -0.1) is 0 Å². The Bertz CT molecular complexity index is 1450. The van der Waals surface area contributed by atoms with Gasteiger partial charge in [-0.2, -0.15) is 0 Å². The molecule has 30 heavy (non-hydrogen) atoms. The molecule has 0 atom stereocenters. The van der Waals surface area contributed by atoms with Crippen LogP contribution in [0.2, 0.25) is 10.0 Å². The molecule has 146 valence electrons. The van der Waals surface area contributed by atoms with Crippen molar-refractivity contribution < 1.29 is 0 Å². The van der Waals surface area contributed by atoms with Gasteiger partial charge in [-0.05, 0) is 47.5 Å². The van der Waals surface area contributed by atoms with E-state index < -0.39 is 0 Å². The van der Waals surface area contributed by atoms with Crippen LogP contribution in [-0.2, 0) is 0 Å². The number of hydrogen-bond donors (Lipinski definition) is 2. The molecule has 0 amide bonds. The van der Waals surface area contributed by atoms with Gasteiger partial charge in [-0.25, -0.2) is 0 Å². The highest BCUT2D eigenvalue weighted by atomic mass is 35.5. The molecule has 5 rings (SSSR count). The summed E-state index contributed by atoms with van der Waals surface area (Å²) in [5.41, 5.74) is 3.77. The average Bonchev–Trinajstić information content (AvgIpc) is 2.73. The van der Waals surface area contributed by atoms with Crippen molar-refractivity contribution in [3.05, 3.63) is 103 Å². The molecule has 5 aromatic rings. The topological polar surface area (TPSA) is 65.7 Å². The first kappa shape index (κ1) is 18.7. The third-order valence-corrected chi connectivity index (χ3v) is 5.52. The van der Waals surface area contributed by atoms with Crippen LogP contribution in [-0.4, -0.2) is 9.97 Å². The highest BCUT2D eigenvalue weighted by Crippen LogP contribution is 2.25. The standard InChI is InChI=1S/C24H14Cl2N2O2/c25-15-5-1-3-13(7-15)19-11-23(29)17-10-22-18(9-21(17)27-19)24(30)12-20(28-22)14-4-2-6-16(26)8-14/h1-12H,(H,27,29)(H,28,30). The van der Waals surface area contributed by atoms with Gasteiger partial charge in [0.2, 0.25) is 0 Å². The summed E-state index contributed by atoms with van der Waals surface area (Å²) < 4.78 is 0. The van der Waals surface area contributed by atoms with Crippen molar-refractivity contribution in [1.82, 2.24) is 9.97 Å². The van der Waals surface area contributed by atoms with E-state index in [0.29, 0.717) is 43.2 Å². The smallest absolute Gasteiger partial charge is 0.190 e. The van der Waals surface area contributed by atoms with Crippen LogP contribution in [0.1, 0.15) is 0 Å². The predicted octanol–water partition coefficient (Wildman–Crippen LogP) is 6.01. The van der Waals surface area contributed by atoms with Crippen LogP contribution in [0.4, 0.5) is 0 Å². The normalized spacial score (nSPS) is 11.3. The largest absolute Gasteiger partial charge is 0.354 e. The molecule has 6 heteroatoms. The second kappa shape index (κ2) is 7.17. The van der Waals surface area contributed by atoms with Crippen molar-refractivity contribution in [1.29, 1.82) is 0 Å². The molecule has 2 N–H and O–H groups in total. The summed E-state index contributed by atoms with van der Waals surface area (Å²) in [5, 5.41) is 2.15. The van der Waals surface area contributed by atoms with E-state index in [-0.39, 0.29) is 10.9 Å². The molecule has 0 saturated heterocycles. The van der Waals surface area contributed by atoms with Crippen LogP contribution in [0.25, 0.3) is 44.3 Å². The Morgan fingerprint density at radius 1 is 0.567 bits per heavy atom. The monoisotopic (exact) mass is 432 g/mol. The van der Waals surface area contributed by atoms with Crippen LogP contribution < -0.4 is 10.9 Å². The molecule has 0 aliphatic carbocycles. The molecule has 0 bridgehead atoms. The van der Waals surface area contributed by atoms with Crippen LogP contribution in [0.5, 0.6) is 0 Å². The van der Waals surface area contributed by atoms with Crippen LogP contribution in [0.15, 0.2) is 82.4 Å². The van der Waals surface area contributed by atoms with Crippen molar-refractivity contribution in [3.8, 4) is 22.5 Å². The number of halogens is 2. The maximum Gasteiger partial charge on any atom is 0.190 e. The molecule has 0 fully saturated rings. The van der Waals surface area contributed by atoms with Crippen LogP contribution >= 0.6 is 23.2 Å². The van der Waals surface area contributed by atoms with Gasteiger partial charge < -0.3 is 9.97 Å². The Labute approximate surface area is 180 Å². The van der Waals surface area contributed by atoms with Crippen molar-refractivity contribution in [2.45, 2.75) is 0 Å². The lowest BCUT2D eigenvalue weighted by molar-refractivity contribution is 1.36. The molecule has 0 unspecified atom stereocenters. The summed E-state index contributed by atoms with van der Waals surface area (Å²) in [6.45, 7) is 0. The lowest BCUT2D eigenvalue weighted by Gasteiger charge is -2.09. The molecule has 0 radical (unpaired) electrons. The van der Waals surface area contributed by atoms with Gasteiger partial charge in [0.15, 0.2) is 10.9 Å². The molecule has 2 aromatic heterocycles. The fourth-order valence-electron chi connectivity index (χ4n) is 3.62. The first-order valence-electron chi connectivity index (χ1n) is 9.24. The Morgan fingerprint density at radius 2 is 1.00 bits per heavy atom. The number of fused-ring (bicyclic) bond motifs is 2. The second-order valence-electron chi connectivity index (χ2n) is 7.06. The first-order chi connectivity index (χ1) is 14.5. The molecule has 0 aliphatic rings.